The lowest BCUT2D eigenvalue weighted by molar-refractivity contribution is -0.143. The molecule has 3 atom stereocenters. The fourth-order valence-electron chi connectivity index (χ4n) is 5.79. The van der Waals surface area contributed by atoms with Crippen molar-refractivity contribution < 1.29 is 49.0 Å². The standard InChI is InChI=1S/C29H30F9N7O2/c1-15(2)47-26(46)44-16(3)8-24(22-12-18(27(30,31)32)4-5-23(22)44)43(25-40-42-45(41-25)21-6-7-39-13-21)14-17-9-19(28(33,34)35)11-20(10-17)29(36,37)38/h4-5,9-12,15-16,21,24,39H,6-8,13-14H2,1-3H3/t16-,21+,24+/m1/s1. The highest BCUT2D eigenvalue weighted by Gasteiger charge is 2.42. The molecule has 1 fully saturated rings. The van der Waals surface area contributed by atoms with Crippen LogP contribution >= 0.6 is 0 Å². The Kier molecular flexibility index (Phi) is 9.11. The van der Waals surface area contributed by atoms with Gasteiger partial charge in [0.1, 0.15) is 0 Å². The molecule has 2 aliphatic rings. The Morgan fingerprint density at radius 1 is 0.979 bits per heavy atom. The highest BCUT2D eigenvalue weighted by Crippen LogP contribution is 2.45. The average Bonchev–Trinajstić information content (AvgIpc) is 3.66. The van der Waals surface area contributed by atoms with Crippen molar-refractivity contribution in [2.75, 3.05) is 22.9 Å². The quantitative estimate of drug-likeness (QED) is 0.277. The first-order valence-corrected chi connectivity index (χ1v) is 14.6. The van der Waals surface area contributed by atoms with Crippen LogP contribution in [0.3, 0.4) is 0 Å². The highest BCUT2D eigenvalue weighted by atomic mass is 19.4. The molecule has 1 N–H and O–H groups in total. The van der Waals surface area contributed by atoms with E-state index >= 15 is 0 Å². The van der Waals surface area contributed by atoms with Gasteiger partial charge in [-0.15, -0.1) is 5.10 Å². The van der Waals surface area contributed by atoms with Crippen LogP contribution in [0, 0.1) is 0 Å². The Labute approximate surface area is 262 Å². The van der Waals surface area contributed by atoms with Gasteiger partial charge in [0, 0.05) is 19.1 Å². The number of aromatic nitrogens is 4. The number of rotatable bonds is 6. The van der Waals surface area contributed by atoms with Crippen LogP contribution in [0.25, 0.3) is 0 Å². The number of benzene rings is 2. The number of hydrogen-bond acceptors (Lipinski definition) is 7. The normalized spacial score (nSPS) is 20.4. The van der Waals surface area contributed by atoms with E-state index in [1.165, 1.54) is 14.6 Å². The summed E-state index contributed by atoms with van der Waals surface area (Å²) in [6.45, 7) is 5.18. The molecule has 18 heteroatoms. The number of ether oxygens (including phenoxy) is 1. The Morgan fingerprint density at radius 2 is 1.62 bits per heavy atom. The lowest BCUT2D eigenvalue weighted by atomic mass is 9.89. The summed E-state index contributed by atoms with van der Waals surface area (Å²) in [5.41, 5.74) is -4.72. The van der Waals surface area contributed by atoms with E-state index < -0.39 is 71.6 Å². The predicted molar refractivity (Wildman–Crippen MR) is 149 cm³/mol. The van der Waals surface area contributed by atoms with Crippen molar-refractivity contribution in [1.82, 2.24) is 25.5 Å². The number of alkyl halides is 9. The molecule has 5 rings (SSSR count). The maximum absolute atomic E-state index is 14.0. The van der Waals surface area contributed by atoms with E-state index in [0.29, 0.717) is 31.6 Å². The minimum Gasteiger partial charge on any atom is -0.446 e. The summed E-state index contributed by atoms with van der Waals surface area (Å²) < 4.78 is 130. The third-order valence-electron chi connectivity index (χ3n) is 7.92. The summed E-state index contributed by atoms with van der Waals surface area (Å²) in [5, 5.41) is 15.6. The zero-order chi connectivity index (χ0) is 34.5. The summed E-state index contributed by atoms with van der Waals surface area (Å²) in [5.74, 6) is -0.235. The molecule has 0 bridgehead atoms. The van der Waals surface area contributed by atoms with Gasteiger partial charge in [0.15, 0.2) is 0 Å². The van der Waals surface area contributed by atoms with Crippen molar-refractivity contribution in [3.05, 3.63) is 64.2 Å². The van der Waals surface area contributed by atoms with Gasteiger partial charge < -0.3 is 15.0 Å². The van der Waals surface area contributed by atoms with Gasteiger partial charge in [-0.2, -0.15) is 44.3 Å². The van der Waals surface area contributed by atoms with Crippen LogP contribution < -0.4 is 15.1 Å². The molecule has 0 aliphatic carbocycles. The number of amides is 1. The van der Waals surface area contributed by atoms with Crippen molar-refractivity contribution in [3.8, 4) is 0 Å². The Hall–Kier alpha value is -4.09. The smallest absolute Gasteiger partial charge is 0.416 e. The molecule has 47 heavy (non-hydrogen) atoms. The van der Waals surface area contributed by atoms with Gasteiger partial charge in [-0.1, -0.05) is 5.10 Å². The first-order chi connectivity index (χ1) is 21.8. The summed E-state index contributed by atoms with van der Waals surface area (Å²) in [7, 11) is 0. The lowest BCUT2D eigenvalue weighted by Crippen LogP contribution is -2.47. The molecule has 1 saturated heterocycles. The second-order valence-corrected chi connectivity index (χ2v) is 11.8. The second-order valence-electron chi connectivity index (χ2n) is 11.8. The Balaban J connectivity index is 1.68. The molecule has 1 amide bonds. The number of hydrogen-bond donors (Lipinski definition) is 1. The molecule has 0 spiro atoms. The molecule has 0 saturated carbocycles. The zero-order valence-electron chi connectivity index (χ0n) is 25.2. The molecule has 2 aliphatic heterocycles. The molecule has 9 nitrogen and oxygen atoms in total. The number of nitrogens with one attached hydrogen (secondary N) is 1. The van der Waals surface area contributed by atoms with Gasteiger partial charge in [0.25, 0.3) is 5.95 Å². The van der Waals surface area contributed by atoms with Gasteiger partial charge in [-0.05, 0) is 92.9 Å². The van der Waals surface area contributed by atoms with Gasteiger partial charge in [0.05, 0.1) is 40.6 Å². The van der Waals surface area contributed by atoms with Crippen LogP contribution in [-0.2, 0) is 29.8 Å². The van der Waals surface area contributed by atoms with E-state index in [1.807, 2.05) is 0 Å². The minimum atomic E-state index is -5.14. The maximum atomic E-state index is 14.0. The predicted octanol–water partition coefficient (Wildman–Crippen LogP) is 7.16. The number of anilines is 2. The van der Waals surface area contributed by atoms with Crippen molar-refractivity contribution in [3.63, 3.8) is 0 Å². The molecule has 2 aromatic carbocycles. The lowest BCUT2D eigenvalue weighted by Gasteiger charge is -2.43. The summed E-state index contributed by atoms with van der Waals surface area (Å²) >= 11 is 0. The number of nitrogens with zero attached hydrogens (tertiary/aromatic N) is 6. The van der Waals surface area contributed by atoms with Gasteiger partial charge in [0.2, 0.25) is 0 Å². The fourth-order valence-corrected chi connectivity index (χ4v) is 5.79. The van der Waals surface area contributed by atoms with E-state index in [0.717, 1.165) is 18.2 Å². The zero-order valence-corrected chi connectivity index (χ0v) is 25.2. The van der Waals surface area contributed by atoms with E-state index in [-0.39, 0.29) is 35.7 Å². The van der Waals surface area contributed by atoms with E-state index in [9.17, 15) is 44.3 Å². The molecule has 256 valence electrons. The molecule has 3 heterocycles. The first kappa shape index (κ1) is 34.3. The molecule has 0 unspecified atom stereocenters. The number of carbonyl (C=O) groups excluding carboxylic acids is 1. The highest BCUT2D eigenvalue weighted by molar-refractivity contribution is 5.90. The van der Waals surface area contributed by atoms with Crippen LogP contribution in [0.1, 0.15) is 73.5 Å². The van der Waals surface area contributed by atoms with Gasteiger partial charge >= 0.3 is 24.6 Å². The van der Waals surface area contributed by atoms with Crippen molar-refractivity contribution in [1.29, 1.82) is 0 Å². The molecule has 0 radical (unpaired) electrons. The molecular weight excluding hydrogens is 649 g/mol. The van der Waals surface area contributed by atoms with Crippen molar-refractivity contribution >= 4 is 17.7 Å². The fraction of sp³-hybridized carbons (Fsp3) is 0.517. The third kappa shape index (κ3) is 7.41. The van der Waals surface area contributed by atoms with Gasteiger partial charge in [-0.3, -0.25) is 4.90 Å². The SMILES string of the molecule is CC(C)OC(=O)N1c2ccc(C(F)(F)F)cc2[C@@H](N(Cc2cc(C(F)(F)F)cc(C(F)(F)F)c2)c2nnn([C@H]3CCNC3)n2)C[C@H]1C. The summed E-state index contributed by atoms with van der Waals surface area (Å²) in [6, 6.07) is 1.55. The monoisotopic (exact) mass is 679 g/mol. The average molecular weight is 680 g/mol. The number of carbonyl (C=O) groups is 1. The topological polar surface area (TPSA) is 88.4 Å². The van der Waals surface area contributed by atoms with Crippen LogP contribution in [-0.4, -0.2) is 51.5 Å². The number of tetrazole rings is 1. The van der Waals surface area contributed by atoms with Crippen LogP contribution in [0.2, 0.25) is 0 Å². The van der Waals surface area contributed by atoms with Crippen molar-refractivity contribution in [2.45, 2.75) is 82.9 Å². The molecular formula is C29H30F9N7O2. The van der Waals surface area contributed by atoms with E-state index in [2.05, 4.69) is 20.7 Å². The Bertz CT molecular complexity index is 1570. The van der Waals surface area contributed by atoms with Crippen LogP contribution in [0.5, 0.6) is 0 Å². The second kappa shape index (κ2) is 12.5. The number of fused-ring (bicyclic) bond motifs is 1. The number of halogens is 9. The van der Waals surface area contributed by atoms with E-state index in [4.69, 9.17) is 4.74 Å². The first-order valence-electron chi connectivity index (χ1n) is 14.6. The van der Waals surface area contributed by atoms with Crippen LogP contribution in [0.15, 0.2) is 36.4 Å². The minimum absolute atomic E-state index is 0.0126. The largest absolute Gasteiger partial charge is 0.446 e. The molecule has 1 aromatic heterocycles. The van der Waals surface area contributed by atoms with Crippen LogP contribution in [0.4, 0.5) is 55.9 Å². The van der Waals surface area contributed by atoms with E-state index in [1.54, 1.807) is 20.8 Å². The Morgan fingerprint density at radius 3 is 2.17 bits per heavy atom. The third-order valence-corrected chi connectivity index (χ3v) is 7.92. The van der Waals surface area contributed by atoms with Gasteiger partial charge in [-0.25, -0.2) is 4.79 Å². The maximum Gasteiger partial charge on any atom is 0.416 e. The summed E-state index contributed by atoms with van der Waals surface area (Å²) in [4.78, 5) is 16.8. The summed E-state index contributed by atoms with van der Waals surface area (Å²) in [6.07, 6.45) is -16.0. The molecule has 3 aromatic rings. The van der Waals surface area contributed by atoms with Crippen molar-refractivity contribution in [2.24, 2.45) is 0 Å².